The Morgan fingerprint density at radius 2 is 1.96 bits per heavy atom. The second-order valence-electron chi connectivity index (χ2n) is 5.87. The topological polar surface area (TPSA) is 80.2 Å². The van der Waals surface area contributed by atoms with Gasteiger partial charge >= 0.3 is 0 Å². The number of aromatic nitrogens is 2. The minimum atomic E-state index is -3.76. The molecule has 0 radical (unpaired) electrons. The third-order valence-corrected chi connectivity index (χ3v) is 8.30. The highest BCUT2D eigenvalue weighted by Crippen LogP contribution is 2.35. The van der Waals surface area contributed by atoms with Crippen LogP contribution in [0.5, 0.6) is 0 Å². The summed E-state index contributed by atoms with van der Waals surface area (Å²) in [6.07, 6.45) is 1.52. The van der Waals surface area contributed by atoms with E-state index in [1.807, 2.05) is 13.8 Å². The first-order chi connectivity index (χ1) is 12.4. The molecule has 4 rings (SSSR count). The van der Waals surface area contributed by atoms with Crippen molar-refractivity contribution < 1.29 is 13.2 Å². The van der Waals surface area contributed by atoms with Crippen molar-refractivity contribution >= 4 is 49.2 Å². The van der Waals surface area contributed by atoms with Gasteiger partial charge in [-0.15, -0.1) is 23.1 Å². The lowest BCUT2D eigenvalue weighted by atomic mass is 10.2. The average molecular weight is 406 g/mol. The molecule has 9 heteroatoms. The summed E-state index contributed by atoms with van der Waals surface area (Å²) in [6, 6.07) is 6.32. The van der Waals surface area contributed by atoms with Crippen molar-refractivity contribution in [2.75, 3.05) is 12.3 Å². The van der Waals surface area contributed by atoms with Crippen molar-refractivity contribution in [3.05, 3.63) is 46.6 Å². The van der Waals surface area contributed by atoms with Crippen molar-refractivity contribution in [2.45, 2.75) is 23.8 Å². The number of carbonyl (C=O) groups excluding carboxylic acids is 1. The van der Waals surface area contributed by atoms with Crippen LogP contribution < -0.4 is 0 Å². The summed E-state index contributed by atoms with van der Waals surface area (Å²) >= 11 is 3.06. The summed E-state index contributed by atoms with van der Waals surface area (Å²) in [4.78, 5) is 23.3. The maximum absolute atomic E-state index is 12.6. The Morgan fingerprint density at radius 3 is 2.73 bits per heavy atom. The first kappa shape index (κ1) is 17.4. The Kier molecular flexibility index (Phi) is 4.25. The number of sulfonamides is 1. The van der Waals surface area contributed by atoms with E-state index in [4.69, 9.17) is 0 Å². The summed E-state index contributed by atoms with van der Waals surface area (Å²) in [5, 5.41) is 1.83. The van der Waals surface area contributed by atoms with Gasteiger partial charge in [-0.25, -0.2) is 22.7 Å². The zero-order valence-corrected chi connectivity index (χ0v) is 16.5. The highest BCUT2D eigenvalue weighted by molar-refractivity contribution is 7.99. The minimum Gasteiger partial charge on any atom is -0.268 e. The van der Waals surface area contributed by atoms with Gasteiger partial charge in [-0.2, -0.15) is 0 Å². The molecule has 0 saturated carbocycles. The summed E-state index contributed by atoms with van der Waals surface area (Å²) < 4.78 is 26.1. The van der Waals surface area contributed by atoms with Gasteiger partial charge in [0.15, 0.2) is 0 Å². The van der Waals surface area contributed by atoms with Gasteiger partial charge in [-0.05, 0) is 31.5 Å². The molecule has 0 atom stereocenters. The molecular weight excluding hydrogens is 390 g/mol. The number of hydrogen-bond acceptors (Lipinski definition) is 7. The monoisotopic (exact) mass is 405 g/mol. The molecule has 0 spiro atoms. The number of thiophene rings is 1. The molecule has 1 aliphatic heterocycles. The third kappa shape index (κ3) is 2.62. The summed E-state index contributed by atoms with van der Waals surface area (Å²) in [5.41, 5.74) is 1.39. The average Bonchev–Trinajstić information content (AvgIpc) is 3.02. The summed E-state index contributed by atoms with van der Waals surface area (Å²) in [5.74, 6) is -0.0315. The van der Waals surface area contributed by atoms with E-state index in [-0.39, 0.29) is 17.0 Å². The third-order valence-electron chi connectivity index (χ3n) is 4.38. The number of fused-ring (bicyclic) bond motifs is 2. The van der Waals surface area contributed by atoms with Crippen LogP contribution in [0.25, 0.3) is 10.2 Å². The van der Waals surface area contributed by atoms with Gasteiger partial charge < -0.3 is 0 Å². The molecule has 1 aromatic carbocycles. The van der Waals surface area contributed by atoms with E-state index in [1.54, 1.807) is 29.5 Å². The highest BCUT2D eigenvalue weighted by atomic mass is 32.2. The number of hydrogen-bond donors (Lipinski definition) is 0. The number of nitrogens with zero attached hydrogens (tertiary/aromatic N) is 3. The molecule has 6 nitrogen and oxygen atoms in total. The molecule has 3 aromatic rings. The quantitative estimate of drug-likeness (QED) is 0.490. The number of thioether (sulfide) groups is 1. The lowest BCUT2D eigenvalue weighted by molar-refractivity contribution is 0.0876. The molecule has 134 valence electrons. The lowest BCUT2D eigenvalue weighted by Crippen LogP contribution is -2.32. The minimum absolute atomic E-state index is 0.0868. The summed E-state index contributed by atoms with van der Waals surface area (Å²) in [6.45, 7) is 4.18. The number of amides is 1. The molecule has 0 aliphatic carbocycles. The Morgan fingerprint density at radius 1 is 1.19 bits per heavy atom. The van der Waals surface area contributed by atoms with E-state index in [1.165, 1.54) is 29.0 Å². The lowest BCUT2D eigenvalue weighted by Gasteiger charge is -2.14. The fraction of sp³-hybridized carbons (Fsp3) is 0.235. The molecule has 1 amide bonds. The van der Waals surface area contributed by atoms with Crippen LogP contribution in [0.4, 0.5) is 0 Å². The van der Waals surface area contributed by atoms with Gasteiger partial charge in [-0.3, -0.25) is 4.79 Å². The van der Waals surface area contributed by atoms with E-state index in [9.17, 15) is 13.2 Å². The van der Waals surface area contributed by atoms with Gasteiger partial charge in [0.05, 0.1) is 5.56 Å². The fourth-order valence-electron chi connectivity index (χ4n) is 2.94. The van der Waals surface area contributed by atoms with Gasteiger partial charge in [0.25, 0.3) is 15.9 Å². The summed E-state index contributed by atoms with van der Waals surface area (Å²) in [7, 11) is -3.76. The van der Waals surface area contributed by atoms with Crippen LogP contribution in [0, 0.1) is 13.8 Å². The van der Waals surface area contributed by atoms with Crippen LogP contribution in [0.15, 0.2) is 40.5 Å². The van der Waals surface area contributed by atoms with E-state index in [2.05, 4.69) is 9.97 Å². The predicted molar refractivity (Wildman–Crippen MR) is 102 cm³/mol. The van der Waals surface area contributed by atoms with Gasteiger partial charge in [0, 0.05) is 22.6 Å². The SMILES string of the molecule is Cc1sc2ncnc(SCCN3C(=O)c4ccccc4S3(=O)=O)c2c1C. The maximum atomic E-state index is 12.6. The second kappa shape index (κ2) is 6.33. The number of rotatable bonds is 4. The highest BCUT2D eigenvalue weighted by Gasteiger charge is 2.40. The Hall–Kier alpha value is -1.97. The van der Waals surface area contributed by atoms with E-state index < -0.39 is 15.9 Å². The molecule has 0 bridgehead atoms. The molecule has 3 heterocycles. The molecule has 0 saturated heterocycles. The molecule has 1 aliphatic rings. The first-order valence-corrected chi connectivity index (χ1v) is 11.1. The van der Waals surface area contributed by atoms with Gasteiger partial charge in [0.1, 0.15) is 21.1 Å². The second-order valence-corrected chi connectivity index (χ2v) is 9.99. The Labute approximate surface area is 159 Å². The van der Waals surface area contributed by atoms with Crippen molar-refractivity contribution in [3.63, 3.8) is 0 Å². The van der Waals surface area contributed by atoms with Gasteiger partial charge in [-0.1, -0.05) is 12.1 Å². The zero-order valence-electron chi connectivity index (χ0n) is 14.1. The smallest absolute Gasteiger partial charge is 0.268 e. The zero-order chi connectivity index (χ0) is 18.5. The fourth-order valence-corrected chi connectivity index (χ4v) is 6.67. The predicted octanol–water partition coefficient (Wildman–Crippen LogP) is 3.24. The molecule has 0 unspecified atom stereocenters. The number of benzene rings is 1. The van der Waals surface area contributed by atoms with Crippen molar-refractivity contribution in [1.29, 1.82) is 0 Å². The molecule has 2 aromatic heterocycles. The van der Waals surface area contributed by atoms with Crippen molar-refractivity contribution in [2.24, 2.45) is 0 Å². The largest absolute Gasteiger partial charge is 0.269 e. The van der Waals surface area contributed by atoms with Crippen LogP contribution in [0.3, 0.4) is 0 Å². The molecule has 0 N–H and O–H groups in total. The van der Waals surface area contributed by atoms with Crippen LogP contribution in [-0.4, -0.2) is 40.9 Å². The van der Waals surface area contributed by atoms with Crippen LogP contribution in [0.2, 0.25) is 0 Å². The first-order valence-electron chi connectivity index (χ1n) is 7.91. The van der Waals surface area contributed by atoms with Crippen molar-refractivity contribution in [3.8, 4) is 0 Å². The molecule has 0 fully saturated rings. The van der Waals surface area contributed by atoms with E-state index >= 15 is 0 Å². The van der Waals surface area contributed by atoms with E-state index in [0.29, 0.717) is 5.75 Å². The van der Waals surface area contributed by atoms with Crippen LogP contribution >= 0.6 is 23.1 Å². The number of carbonyl (C=O) groups is 1. The molecular formula is C17H15N3O3S3. The Balaban J connectivity index is 1.56. The van der Waals surface area contributed by atoms with Crippen LogP contribution in [-0.2, 0) is 10.0 Å². The number of aryl methyl sites for hydroxylation is 2. The van der Waals surface area contributed by atoms with Crippen LogP contribution in [0.1, 0.15) is 20.8 Å². The Bertz CT molecular complexity index is 1140. The van der Waals surface area contributed by atoms with Crippen molar-refractivity contribution in [1.82, 2.24) is 14.3 Å². The maximum Gasteiger partial charge on any atom is 0.269 e. The normalized spacial score (nSPS) is 15.6. The van der Waals surface area contributed by atoms with E-state index in [0.717, 1.165) is 25.1 Å². The standard InChI is InChI=1S/C17H15N3O3S3/c1-10-11(2)25-16-14(10)15(18-9-19-16)24-8-7-20-17(21)12-5-3-4-6-13(12)26(20,22)23/h3-6,9H,7-8H2,1-2H3. The van der Waals surface area contributed by atoms with Gasteiger partial charge in [0.2, 0.25) is 0 Å². The molecule has 26 heavy (non-hydrogen) atoms.